The first kappa shape index (κ1) is 18.7. The molecule has 2 aromatic carbocycles. The molecule has 136 valence electrons. The molecule has 6 heteroatoms. The molecule has 0 bridgehead atoms. The zero-order valence-electron chi connectivity index (χ0n) is 14.6. The molecule has 2 atom stereocenters. The van der Waals surface area contributed by atoms with E-state index in [2.05, 4.69) is 5.32 Å². The largest absolute Gasteiger partial charge is 0.323 e. The minimum Gasteiger partial charge on any atom is -0.323 e. The predicted octanol–water partition coefficient (Wildman–Crippen LogP) is 4.93. The molecular weight excluding hydrogens is 371 g/mol. The number of nitrogens with zero attached hydrogens (tertiary/aromatic N) is 1. The molecule has 0 radical (unpaired) electrons. The highest BCUT2D eigenvalue weighted by atomic mass is 35.5. The number of hydrogen-bond acceptors (Lipinski definition) is 2. The van der Waals surface area contributed by atoms with Gasteiger partial charge in [0.2, 0.25) is 11.8 Å². The van der Waals surface area contributed by atoms with Gasteiger partial charge < -0.3 is 10.2 Å². The highest BCUT2D eigenvalue weighted by Crippen LogP contribution is 2.42. The average molecular weight is 391 g/mol. The maximum Gasteiger partial charge on any atom is 0.230 e. The van der Waals surface area contributed by atoms with Crippen LogP contribution < -0.4 is 10.2 Å². The van der Waals surface area contributed by atoms with Crippen LogP contribution in [0.5, 0.6) is 0 Å². The van der Waals surface area contributed by atoms with Gasteiger partial charge in [-0.25, -0.2) is 0 Å². The summed E-state index contributed by atoms with van der Waals surface area (Å²) >= 11 is 12.2. The highest BCUT2D eigenvalue weighted by Gasteiger charge is 2.49. The Balaban J connectivity index is 1.69. The summed E-state index contributed by atoms with van der Waals surface area (Å²) in [7, 11) is 0. The second kappa shape index (κ2) is 7.68. The van der Waals surface area contributed by atoms with Gasteiger partial charge in [-0.05, 0) is 50.1 Å². The molecule has 4 nitrogen and oxygen atoms in total. The Morgan fingerprint density at radius 3 is 2.38 bits per heavy atom. The highest BCUT2D eigenvalue weighted by molar-refractivity contribution is 6.39. The monoisotopic (exact) mass is 390 g/mol. The predicted molar refractivity (Wildman–Crippen MR) is 106 cm³/mol. The van der Waals surface area contributed by atoms with Crippen LogP contribution in [0, 0.1) is 18.8 Å². The van der Waals surface area contributed by atoms with Crippen molar-refractivity contribution in [3.8, 4) is 0 Å². The van der Waals surface area contributed by atoms with E-state index in [-0.39, 0.29) is 23.7 Å². The number of carbonyl (C=O) groups excluding carboxylic acids is 2. The van der Waals surface area contributed by atoms with Crippen molar-refractivity contribution < 1.29 is 9.59 Å². The maximum atomic E-state index is 12.8. The van der Waals surface area contributed by atoms with Crippen LogP contribution >= 0.6 is 23.2 Å². The van der Waals surface area contributed by atoms with Crippen molar-refractivity contribution in [3.63, 3.8) is 0 Å². The Kier molecular flexibility index (Phi) is 5.54. The van der Waals surface area contributed by atoms with Gasteiger partial charge in [0.25, 0.3) is 0 Å². The van der Waals surface area contributed by atoms with Crippen molar-refractivity contribution in [1.29, 1.82) is 0 Å². The summed E-state index contributed by atoms with van der Waals surface area (Å²) in [5.74, 6) is -0.910. The zero-order chi connectivity index (χ0) is 18.8. The van der Waals surface area contributed by atoms with Crippen LogP contribution in [0.3, 0.4) is 0 Å². The van der Waals surface area contributed by atoms with E-state index in [9.17, 15) is 9.59 Å². The SMILES string of the molecule is CCN(C(=O)C1CC1C(=O)Nc1c(Cl)cccc1Cl)c1cccc(C)c1. The number of rotatable bonds is 5. The fraction of sp³-hybridized carbons (Fsp3) is 0.300. The molecule has 2 unspecified atom stereocenters. The molecule has 0 heterocycles. The summed E-state index contributed by atoms with van der Waals surface area (Å²) < 4.78 is 0. The molecule has 0 aromatic heterocycles. The van der Waals surface area contributed by atoms with Gasteiger partial charge in [-0.2, -0.15) is 0 Å². The van der Waals surface area contributed by atoms with Crippen LogP contribution in [0.1, 0.15) is 18.9 Å². The van der Waals surface area contributed by atoms with Gasteiger partial charge in [-0.15, -0.1) is 0 Å². The molecule has 3 rings (SSSR count). The molecule has 0 spiro atoms. The topological polar surface area (TPSA) is 49.4 Å². The Labute approximate surface area is 163 Å². The lowest BCUT2D eigenvalue weighted by Crippen LogP contribution is -2.33. The van der Waals surface area contributed by atoms with Gasteiger partial charge in [0.05, 0.1) is 27.6 Å². The molecule has 2 amide bonds. The lowest BCUT2D eigenvalue weighted by molar-refractivity contribution is -0.123. The minimum atomic E-state index is -0.353. The number of nitrogens with one attached hydrogen (secondary N) is 1. The van der Waals surface area contributed by atoms with Gasteiger partial charge in [0.1, 0.15) is 0 Å². The van der Waals surface area contributed by atoms with Gasteiger partial charge in [-0.3, -0.25) is 9.59 Å². The Morgan fingerprint density at radius 1 is 1.12 bits per heavy atom. The van der Waals surface area contributed by atoms with E-state index in [4.69, 9.17) is 23.2 Å². The van der Waals surface area contributed by atoms with E-state index in [0.29, 0.717) is 28.7 Å². The van der Waals surface area contributed by atoms with Crippen LogP contribution in [-0.4, -0.2) is 18.4 Å². The van der Waals surface area contributed by atoms with Crippen molar-refractivity contribution >= 4 is 46.4 Å². The number of para-hydroxylation sites is 1. The molecule has 2 aromatic rings. The van der Waals surface area contributed by atoms with E-state index in [1.165, 1.54) is 0 Å². The number of carbonyl (C=O) groups is 2. The zero-order valence-corrected chi connectivity index (χ0v) is 16.1. The lowest BCUT2D eigenvalue weighted by Gasteiger charge is -2.21. The fourth-order valence-corrected chi connectivity index (χ4v) is 3.54. The normalized spacial score (nSPS) is 18.3. The summed E-state index contributed by atoms with van der Waals surface area (Å²) in [6.45, 7) is 4.48. The van der Waals surface area contributed by atoms with Crippen LogP contribution in [0.4, 0.5) is 11.4 Å². The molecule has 1 saturated carbocycles. The first-order valence-electron chi connectivity index (χ1n) is 8.55. The van der Waals surface area contributed by atoms with Crippen molar-refractivity contribution in [3.05, 3.63) is 58.1 Å². The van der Waals surface area contributed by atoms with E-state index in [1.807, 2.05) is 38.1 Å². The van der Waals surface area contributed by atoms with Gasteiger partial charge in [0, 0.05) is 12.2 Å². The molecule has 0 aliphatic heterocycles. The number of aryl methyl sites for hydroxylation is 1. The van der Waals surface area contributed by atoms with E-state index in [0.717, 1.165) is 11.3 Å². The second-order valence-electron chi connectivity index (χ2n) is 6.46. The van der Waals surface area contributed by atoms with Crippen molar-refractivity contribution in [2.75, 3.05) is 16.8 Å². The van der Waals surface area contributed by atoms with Crippen LogP contribution in [0.25, 0.3) is 0 Å². The van der Waals surface area contributed by atoms with E-state index < -0.39 is 0 Å². The second-order valence-corrected chi connectivity index (χ2v) is 7.27. The van der Waals surface area contributed by atoms with Crippen LogP contribution in [0.15, 0.2) is 42.5 Å². The van der Waals surface area contributed by atoms with Crippen LogP contribution in [-0.2, 0) is 9.59 Å². The third-order valence-corrected chi connectivity index (χ3v) is 5.18. The standard InChI is InChI=1S/C20H20Cl2N2O2/c1-3-24(13-7-4-6-12(2)10-13)20(26)15-11-14(15)19(25)23-18-16(21)8-5-9-17(18)22/h4-10,14-15H,3,11H2,1-2H3,(H,23,25). The molecule has 0 saturated heterocycles. The molecule has 26 heavy (non-hydrogen) atoms. The summed E-state index contributed by atoms with van der Waals surface area (Å²) in [5.41, 5.74) is 2.34. The number of anilines is 2. The third kappa shape index (κ3) is 3.87. The molecule has 1 fully saturated rings. The fourth-order valence-electron chi connectivity index (χ4n) is 3.05. The Bertz CT molecular complexity index is 833. The minimum absolute atomic E-state index is 0.0245. The number of hydrogen-bond donors (Lipinski definition) is 1. The molecule has 1 N–H and O–H groups in total. The number of halogens is 2. The molecular formula is C20H20Cl2N2O2. The van der Waals surface area contributed by atoms with Gasteiger partial charge in [-0.1, -0.05) is 41.4 Å². The maximum absolute atomic E-state index is 12.8. The Morgan fingerprint density at radius 2 is 1.77 bits per heavy atom. The van der Waals surface area contributed by atoms with Crippen molar-refractivity contribution in [1.82, 2.24) is 0 Å². The van der Waals surface area contributed by atoms with Crippen LogP contribution in [0.2, 0.25) is 10.0 Å². The van der Waals surface area contributed by atoms with Gasteiger partial charge in [0.15, 0.2) is 0 Å². The van der Waals surface area contributed by atoms with Crippen molar-refractivity contribution in [2.45, 2.75) is 20.3 Å². The summed E-state index contributed by atoms with van der Waals surface area (Å²) in [6.07, 6.45) is 0.537. The smallest absolute Gasteiger partial charge is 0.230 e. The van der Waals surface area contributed by atoms with Crippen molar-refractivity contribution in [2.24, 2.45) is 11.8 Å². The van der Waals surface area contributed by atoms with Gasteiger partial charge >= 0.3 is 0 Å². The molecule has 1 aliphatic rings. The van der Waals surface area contributed by atoms with E-state index >= 15 is 0 Å². The third-order valence-electron chi connectivity index (χ3n) is 4.55. The quantitative estimate of drug-likeness (QED) is 0.786. The summed E-state index contributed by atoms with van der Waals surface area (Å²) in [5, 5.41) is 3.52. The lowest BCUT2D eigenvalue weighted by atomic mass is 10.2. The number of benzene rings is 2. The number of amides is 2. The first-order valence-corrected chi connectivity index (χ1v) is 9.31. The molecule has 1 aliphatic carbocycles. The summed E-state index contributed by atoms with van der Waals surface area (Å²) in [4.78, 5) is 27.1. The van der Waals surface area contributed by atoms with E-state index in [1.54, 1.807) is 23.1 Å². The average Bonchev–Trinajstić information content (AvgIpc) is 3.40. The first-order chi connectivity index (χ1) is 12.4. The Hall–Kier alpha value is -2.04. The summed E-state index contributed by atoms with van der Waals surface area (Å²) in [6, 6.07) is 12.8.